The molecule has 0 saturated heterocycles. The minimum absolute atomic E-state index is 0.244. The Labute approximate surface area is 120 Å². The summed E-state index contributed by atoms with van der Waals surface area (Å²) < 4.78 is 6.64. The van der Waals surface area contributed by atoms with Crippen molar-refractivity contribution in [2.24, 2.45) is 0 Å². The number of aromatic nitrogens is 2. The number of carboxylic acid groups (broad SMARTS) is 1. The molecule has 0 aliphatic carbocycles. The molecule has 1 amide bonds. The number of amides is 1. The Morgan fingerprint density at radius 3 is 3.10 bits per heavy atom. The molecule has 7 heteroatoms. The van der Waals surface area contributed by atoms with Crippen LogP contribution in [-0.2, 0) is 17.8 Å². The average Bonchev–Trinajstić information content (AvgIpc) is 3.06. The van der Waals surface area contributed by atoms with Gasteiger partial charge in [0.05, 0.1) is 18.5 Å². The number of nitrogens with one attached hydrogen (secondary N) is 1. The first-order chi connectivity index (χ1) is 10.1. The molecule has 0 atom stereocenters. The third-order valence-corrected chi connectivity index (χ3v) is 3.14. The van der Waals surface area contributed by atoms with Crippen molar-refractivity contribution in [3.05, 3.63) is 41.7 Å². The van der Waals surface area contributed by atoms with Crippen LogP contribution in [0.1, 0.15) is 15.9 Å². The number of aliphatic carboxylic acids is 1. The molecule has 0 bridgehead atoms. The van der Waals surface area contributed by atoms with Crippen molar-refractivity contribution in [3.63, 3.8) is 0 Å². The Morgan fingerprint density at radius 1 is 1.43 bits per heavy atom. The Kier molecular flexibility index (Phi) is 3.31. The molecule has 7 nitrogen and oxygen atoms in total. The number of carboxylic acids is 1. The van der Waals surface area contributed by atoms with E-state index < -0.39 is 5.97 Å². The highest BCUT2D eigenvalue weighted by Gasteiger charge is 2.15. The number of carbonyl (C=O) groups is 2. The zero-order valence-corrected chi connectivity index (χ0v) is 11.1. The summed E-state index contributed by atoms with van der Waals surface area (Å²) in [6, 6.07) is 5.28. The minimum atomic E-state index is -0.991. The van der Waals surface area contributed by atoms with Crippen LogP contribution >= 0.6 is 0 Å². The Morgan fingerprint density at radius 2 is 2.29 bits per heavy atom. The number of fused-ring (bicyclic) bond motifs is 1. The van der Waals surface area contributed by atoms with E-state index in [9.17, 15) is 9.59 Å². The second-order valence-electron chi connectivity index (χ2n) is 4.70. The summed E-state index contributed by atoms with van der Waals surface area (Å²) in [6.45, 7) is 0.397. The number of hydrogen-bond donors (Lipinski definition) is 2. The number of rotatable bonds is 4. The first-order valence-electron chi connectivity index (χ1n) is 6.43. The summed E-state index contributed by atoms with van der Waals surface area (Å²) >= 11 is 0. The number of nitrogens with zero attached hydrogens (tertiary/aromatic N) is 2. The lowest BCUT2D eigenvalue weighted by Crippen LogP contribution is -2.12. The van der Waals surface area contributed by atoms with Crippen LogP contribution in [0.2, 0.25) is 0 Å². The van der Waals surface area contributed by atoms with Crippen LogP contribution in [0.5, 0.6) is 5.75 Å². The van der Waals surface area contributed by atoms with Crippen LogP contribution in [0.15, 0.2) is 30.6 Å². The van der Waals surface area contributed by atoms with Crippen molar-refractivity contribution in [1.29, 1.82) is 0 Å². The van der Waals surface area contributed by atoms with Gasteiger partial charge in [0.1, 0.15) is 12.3 Å². The van der Waals surface area contributed by atoms with Gasteiger partial charge in [-0.25, -0.2) is 0 Å². The van der Waals surface area contributed by atoms with Gasteiger partial charge in [0.25, 0.3) is 5.91 Å². The van der Waals surface area contributed by atoms with Gasteiger partial charge >= 0.3 is 5.97 Å². The number of ether oxygens (including phenoxy) is 1. The number of hydrogen-bond acceptors (Lipinski definition) is 4. The summed E-state index contributed by atoms with van der Waals surface area (Å²) in [5.41, 5.74) is 2.01. The molecule has 1 aliphatic rings. The lowest BCUT2D eigenvalue weighted by atomic mass is 10.1. The second-order valence-corrected chi connectivity index (χ2v) is 4.70. The van der Waals surface area contributed by atoms with E-state index in [4.69, 9.17) is 9.84 Å². The molecule has 1 aromatic heterocycles. The van der Waals surface area contributed by atoms with Gasteiger partial charge in [-0.3, -0.25) is 14.3 Å². The normalized spacial score (nSPS) is 12.6. The molecule has 1 aromatic carbocycles. The molecule has 3 rings (SSSR count). The van der Waals surface area contributed by atoms with E-state index in [1.165, 1.54) is 17.1 Å². The average molecular weight is 287 g/mol. The first kappa shape index (κ1) is 13.2. The van der Waals surface area contributed by atoms with Gasteiger partial charge in [-0.1, -0.05) is 0 Å². The van der Waals surface area contributed by atoms with Gasteiger partial charge in [-0.05, 0) is 23.8 Å². The highest BCUT2D eigenvalue weighted by atomic mass is 16.5. The van der Waals surface area contributed by atoms with E-state index in [2.05, 4.69) is 10.4 Å². The predicted molar refractivity (Wildman–Crippen MR) is 73.5 cm³/mol. The molecular weight excluding hydrogens is 274 g/mol. The number of carbonyl (C=O) groups excluding carboxylic acids is 1. The molecule has 0 fully saturated rings. The van der Waals surface area contributed by atoms with Crippen molar-refractivity contribution < 1.29 is 19.4 Å². The molecule has 108 valence electrons. The topological polar surface area (TPSA) is 93.5 Å². The van der Waals surface area contributed by atoms with Crippen molar-refractivity contribution in [3.8, 4) is 5.75 Å². The van der Waals surface area contributed by atoms with Gasteiger partial charge in [0, 0.05) is 18.2 Å². The largest absolute Gasteiger partial charge is 0.493 e. The Bertz CT molecular complexity index is 708. The molecule has 2 heterocycles. The van der Waals surface area contributed by atoms with E-state index >= 15 is 0 Å². The minimum Gasteiger partial charge on any atom is -0.493 e. The fourth-order valence-electron chi connectivity index (χ4n) is 2.18. The maximum absolute atomic E-state index is 12.1. The van der Waals surface area contributed by atoms with Crippen molar-refractivity contribution in [1.82, 2.24) is 9.78 Å². The summed E-state index contributed by atoms with van der Waals surface area (Å²) in [4.78, 5) is 22.7. The van der Waals surface area contributed by atoms with E-state index in [0.717, 1.165) is 17.7 Å². The van der Waals surface area contributed by atoms with E-state index in [1.54, 1.807) is 18.2 Å². The van der Waals surface area contributed by atoms with Crippen LogP contribution in [0.4, 0.5) is 5.69 Å². The van der Waals surface area contributed by atoms with Gasteiger partial charge in [0.2, 0.25) is 0 Å². The zero-order chi connectivity index (χ0) is 14.8. The third-order valence-electron chi connectivity index (χ3n) is 3.14. The molecule has 0 unspecified atom stereocenters. The summed E-state index contributed by atoms with van der Waals surface area (Å²) in [6.07, 6.45) is 3.69. The van der Waals surface area contributed by atoms with Crippen LogP contribution in [0.3, 0.4) is 0 Å². The molecule has 0 radical (unpaired) electrons. The molecule has 2 aromatic rings. The van der Waals surface area contributed by atoms with Gasteiger partial charge in [-0.2, -0.15) is 5.10 Å². The lowest BCUT2D eigenvalue weighted by Gasteiger charge is -2.04. The fraction of sp³-hybridized carbons (Fsp3) is 0.214. The van der Waals surface area contributed by atoms with E-state index in [0.29, 0.717) is 17.9 Å². The molecular formula is C14H13N3O4. The quantitative estimate of drug-likeness (QED) is 0.880. The van der Waals surface area contributed by atoms with Gasteiger partial charge < -0.3 is 15.2 Å². The highest BCUT2D eigenvalue weighted by Crippen LogP contribution is 2.26. The van der Waals surface area contributed by atoms with Crippen molar-refractivity contribution in [2.75, 3.05) is 11.9 Å². The number of anilines is 1. The third kappa shape index (κ3) is 2.86. The number of benzene rings is 1. The Balaban J connectivity index is 1.71. The van der Waals surface area contributed by atoms with Gasteiger partial charge in [0.15, 0.2) is 0 Å². The van der Waals surface area contributed by atoms with E-state index in [-0.39, 0.29) is 12.5 Å². The predicted octanol–water partition coefficient (Wildman–Crippen LogP) is 1.15. The van der Waals surface area contributed by atoms with Gasteiger partial charge in [-0.15, -0.1) is 0 Å². The maximum Gasteiger partial charge on any atom is 0.325 e. The fourth-order valence-corrected chi connectivity index (χ4v) is 2.18. The monoisotopic (exact) mass is 287 g/mol. The molecule has 0 spiro atoms. The van der Waals surface area contributed by atoms with Crippen LogP contribution in [-0.4, -0.2) is 33.4 Å². The molecule has 21 heavy (non-hydrogen) atoms. The molecule has 2 N–H and O–H groups in total. The maximum atomic E-state index is 12.1. The lowest BCUT2D eigenvalue weighted by molar-refractivity contribution is -0.137. The summed E-state index contributed by atoms with van der Waals surface area (Å²) in [5, 5.41) is 15.2. The standard InChI is InChI=1S/C14H13N3O4/c18-13(19)8-17-7-11(6-15-17)16-14(20)10-1-2-12-9(5-10)3-4-21-12/h1-2,5-7H,3-4,8H2,(H,16,20)(H,18,19). The SMILES string of the molecule is O=C(O)Cn1cc(NC(=O)c2ccc3c(c2)CCO3)cn1. The van der Waals surface area contributed by atoms with Crippen molar-refractivity contribution in [2.45, 2.75) is 13.0 Å². The van der Waals surface area contributed by atoms with Crippen LogP contribution < -0.4 is 10.1 Å². The summed E-state index contributed by atoms with van der Waals surface area (Å²) in [5.74, 6) is -0.435. The Hall–Kier alpha value is -2.83. The summed E-state index contributed by atoms with van der Waals surface area (Å²) in [7, 11) is 0. The molecule has 0 saturated carbocycles. The zero-order valence-electron chi connectivity index (χ0n) is 11.1. The second kappa shape index (κ2) is 5.28. The van der Waals surface area contributed by atoms with Crippen LogP contribution in [0.25, 0.3) is 0 Å². The van der Waals surface area contributed by atoms with Crippen LogP contribution in [0, 0.1) is 0 Å². The highest BCUT2D eigenvalue weighted by molar-refractivity contribution is 6.04. The molecule has 1 aliphatic heterocycles. The first-order valence-corrected chi connectivity index (χ1v) is 6.43. The van der Waals surface area contributed by atoms with Crippen molar-refractivity contribution >= 4 is 17.6 Å². The smallest absolute Gasteiger partial charge is 0.325 e. The van der Waals surface area contributed by atoms with E-state index in [1.807, 2.05) is 0 Å².